The van der Waals surface area contributed by atoms with E-state index in [0.717, 1.165) is 24.0 Å². The van der Waals surface area contributed by atoms with E-state index >= 15 is 0 Å². The van der Waals surface area contributed by atoms with Crippen LogP contribution >= 0.6 is 0 Å². The fourth-order valence-corrected chi connectivity index (χ4v) is 4.18. The number of methoxy groups -OCH3 is 2. The molecule has 4 N–H and O–H groups in total. The highest BCUT2D eigenvalue weighted by atomic mass is 16.5. The second kappa shape index (κ2) is 14.9. The van der Waals surface area contributed by atoms with E-state index in [0.29, 0.717) is 37.1 Å². The molecule has 37 heavy (non-hydrogen) atoms. The summed E-state index contributed by atoms with van der Waals surface area (Å²) in [5, 5.41) is 13.6. The number of aromatic nitrogens is 1. The molecule has 0 saturated carbocycles. The van der Waals surface area contributed by atoms with Gasteiger partial charge in [0.15, 0.2) is 11.5 Å². The van der Waals surface area contributed by atoms with Gasteiger partial charge in [-0.05, 0) is 67.9 Å². The van der Waals surface area contributed by atoms with E-state index in [1.807, 2.05) is 38.1 Å². The molecule has 1 amide bonds. The normalized spacial score (nSPS) is 14.2. The Labute approximate surface area is 221 Å². The third-order valence-corrected chi connectivity index (χ3v) is 6.91. The molecule has 2 rings (SSSR count). The lowest BCUT2D eigenvalue weighted by Gasteiger charge is -2.29. The van der Waals surface area contributed by atoms with Crippen LogP contribution in [0.5, 0.6) is 11.5 Å². The van der Waals surface area contributed by atoms with E-state index in [1.165, 1.54) is 0 Å². The standard InChI is InChI=1S/C29H45N3O5/c1-20(2)22(15-21-10-11-26(36-6)27(16-21)37-14-8-13-35-5)17-24(30)25(33)19-32-28(34)29(3,4)23-9-7-12-31-18-23/h7,9-12,16,18,20,22,24-25,33H,8,13-15,17,19,30H2,1-6H3,(H,32,34). The van der Waals surface area contributed by atoms with Crippen molar-refractivity contribution in [1.29, 1.82) is 0 Å². The van der Waals surface area contributed by atoms with Crippen molar-refractivity contribution in [2.24, 2.45) is 17.6 Å². The topological polar surface area (TPSA) is 116 Å². The van der Waals surface area contributed by atoms with Gasteiger partial charge in [0.1, 0.15) is 0 Å². The quantitative estimate of drug-likeness (QED) is 0.293. The molecule has 0 aliphatic heterocycles. The van der Waals surface area contributed by atoms with Gasteiger partial charge < -0.3 is 30.4 Å². The number of nitrogens with one attached hydrogen (secondary N) is 1. The molecular formula is C29H45N3O5. The van der Waals surface area contributed by atoms with Crippen molar-refractivity contribution in [3.63, 3.8) is 0 Å². The number of nitrogens with two attached hydrogens (primary N) is 1. The number of ether oxygens (including phenoxy) is 3. The zero-order valence-corrected chi connectivity index (χ0v) is 23.2. The van der Waals surface area contributed by atoms with Gasteiger partial charge in [0.05, 0.1) is 25.2 Å². The Morgan fingerprint density at radius 1 is 1.16 bits per heavy atom. The molecule has 8 heteroatoms. The van der Waals surface area contributed by atoms with Gasteiger partial charge in [-0.25, -0.2) is 0 Å². The zero-order chi connectivity index (χ0) is 27.4. The molecule has 1 aromatic heterocycles. The first-order valence-electron chi connectivity index (χ1n) is 13.0. The Morgan fingerprint density at radius 3 is 2.54 bits per heavy atom. The molecule has 0 radical (unpaired) electrons. The van der Waals surface area contributed by atoms with Crippen molar-refractivity contribution < 1.29 is 24.1 Å². The summed E-state index contributed by atoms with van der Waals surface area (Å²) >= 11 is 0. The second-order valence-corrected chi connectivity index (χ2v) is 10.4. The number of rotatable bonds is 16. The molecule has 0 spiro atoms. The van der Waals surface area contributed by atoms with Crippen LogP contribution in [0, 0.1) is 11.8 Å². The number of hydrogen-bond donors (Lipinski definition) is 3. The molecule has 0 fully saturated rings. The second-order valence-electron chi connectivity index (χ2n) is 10.4. The first kappa shape index (κ1) is 30.5. The number of hydrogen-bond acceptors (Lipinski definition) is 7. The van der Waals surface area contributed by atoms with Gasteiger partial charge in [0.2, 0.25) is 5.91 Å². The average molecular weight is 516 g/mol. The van der Waals surface area contributed by atoms with Crippen molar-refractivity contribution in [3.8, 4) is 11.5 Å². The van der Waals surface area contributed by atoms with Crippen LogP contribution in [0.2, 0.25) is 0 Å². The molecule has 8 nitrogen and oxygen atoms in total. The Morgan fingerprint density at radius 2 is 1.92 bits per heavy atom. The maximum atomic E-state index is 12.8. The Kier molecular flexibility index (Phi) is 12.3. The van der Waals surface area contributed by atoms with Crippen molar-refractivity contribution in [3.05, 3.63) is 53.9 Å². The van der Waals surface area contributed by atoms with E-state index in [1.54, 1.807) is 32.7 Å². The smallest absolute Gasteiger partial charge is 0.230 e. The van der Waals surface area contributed by atoms with Gasteiger partial charge >= 0.3 is 0 Å². The summed E-state index contributed by atoms with van der Waals surface area (Å²) in [6, 6.07) is 9.18. The Balaban J connectivity index is 1.97. The molecule has 3 atom stereocenters. The van der Waals surface area contributed by atoms with E-state index in [-0.39, 0.29) is 18.4 Å². The average Bonchev–Trinajstić information content (AvgIpc) is 2.89. The lowest BCUT2D eigenvalue weighted by Crippen LogP contribution is -2.48. The van der Waals surface area contributed by atoms with Crippen LogP contribution in [-0.2, 0) is 21.4 Å². The van der Waals surface area contributed by atoms with Crippen LogP contribution in [0.15, 0.2) is 42.7 Å². The molecule has 3 unspecified atom stereocenters. The maximum absolute atomic E-state index is 12.8. The number of amides is 1. The minimum absolute atomic E-state index is 0.0938. The predicted molar refractivity (Wildman–Crippen MR) is 146 cm³/mol. The minimum atomic E-state index is -0.856. The van der Waals surface area contributed by atoms with Gasteiger partial charge in [0.25, 0.3) is 0 Å². The molecule has 0 bridgehead atoms. The number of carbonyl (C=O) groups excluding carboxylic acids is 1. The third kappa shape index (κ3) is 9.29. The highest BCUT2D eigenvalue weighted by Gasteiger charge is 2.31. The Bertz CT molecular complexity index is 952. The summed E-state index contributed by atoms with van der Waals surface area (Å²) in [4.78, 5) is 16.9. The number of aliphatic hydroxyl groups excluding tert-OH is 1. The van der Waals surface area contributed by atoms with Crippen LogP contribution in [0.1, 0.15) is 51.7 Å². The van der Waals surface area contributed by atoms with Crippen molar-refractivity contribution in [2.75, 3.05) is 34.0 Å². The fraction of sp³-hybridized carbons (Fsp3) is 0.586. The molecule has 1 aromatic carbocycles. The van der Waals surface area contributed by atoms with Crippen molar-refractivity contribution in [2.45, 2.75) is 64.5 Å². The largest absolute Gasteiger partial charge is 0.493 e. The molecule has 0 saturated heterocycles. The lowest BCUT2D eigenvalue weighted by atomic mass is 9.83. The number of carbonyl (C=O) groups is 1. The van der Waals surface area contributed by atoms with Gasteiger partial charge in [-0.3, -0.25) is 9.78 Å². The Hall–Kier alpha value is -2.68. The summed E-state index contributed by atoms with van der Waals surface area (Å²) in [5.41, 5.74) is 7.58. The predicted octanol–water partition coefficient (Wildman–Crippen LogP) is 3.49. The van der Waals surface area contributed by atoms with Gasteiger partial charge in [-0.2, -0.15) is 0 Å². The molecule has 0 aliphatic rings. The van der Waals surface area contributed by atoms with Crippen LogP contribution in [0.4, 0.5) is 0 Å². The lowest BCUT2D eigenvalue weighted by molar-refractivity contribution is -0.126. The van der Waals surface area contributed by atoms with Crippen LogP contribution in [0.3, 0.4) is 0 Å². The number of aliphatic hydroxyl groups is 1. The van der Waals surface area contributed by atoms with Gasteiger partial charge in [-0.15, -0.1) is 0 Å². The van der Waals surface area contributed by atoms with Crippen LogP contribution in [0.25, 0.3) is 0 Å². The monoisotopic (exact) mass is 515 g/mol. The summed E-state index contributed by atoms with van der Waals surface area (Å²) in [7, 11) is 3.30. The SMILES string of the molecule is COCCCOc1cc(CC(CC(N)C(O)CNC(=O)C(C)(C)c2cccnc2)C(C)C)ccc1OC. The molecule has 206 valence electrons. The number of pyridine rings is 1. The molecular weight excluding hydrogens is 470 g/mol. The fourth-order valence-electron chi connectivity index (χ4n) is 4.18. The first-order valence-corrected chi connectivity index (χ1v) is 13.0. The number of benzene rings is 1. The molecule has 0 aliphatic carbocycles. The van der Waals surface area contributed by atoms with E-state index < -0.39 is 17.6 Å². The van der Waals surface area contributed by atoms with Gasteiger partial charge in [0, 0.05) is 45.1 Å². The summed E-state index contributed by atoms with van der Waals surface area (Å²) < 4.78 is 16.5. The third-order valence-electron chi connectivity index (χ3n) is 6.91. The van der Waals surface area contributed by atoms with Crippen LogP contribution < -0.4 is 20.5 Å². The minimum Gasteiger partial charge on any atom is -0.493 e. The van der Waals surface area contributed by atoms with E-state index in [2.05, 4.69) is 24.1 Å². The summed E-state index contributed by atoms with van der Waals surface area (Å²) in [5.74, 6) is 1.82. The van der Waals surface area contributed by atoms with Crippen molar-refractivity contribution in [1.82, 2.24) is 10.3 Å². The number of nitrogens with zero attached hydrogens (tertiary/aromatic N) is 1. The maximum Gasteiger partial charge on any atom is 0.230 e. The summed E-state index contributed by atoms with van der Waals surface area (Å²) in [6.45, 7) is 9.27. The van der Waals surface area contributed by atoms with Crippen molar-refractivity contribution >= 4 is 5.91 Å². The van der Waals surface area contributed by atoms with Crippen LogP contribution in [-0.4, -0.2) is 62.1 Å². The van der Waals surface area contributed by atoms with Gasteiger partial charge in [-0.1, -0.05) is 26.0 Å². The summed E-state index contributed by atoms with van der Waals surface area (Å²) in [6.07, 6.45) is 4.71. The molecule has 2 aromatic rings. The molecule has 1 heterocycles. The highest BCUT2D eigenvalue weighted by Crippen LogP contribution is 2.31. The highest BCUT2D eigenvalue weighted by molar-refractivity contribution is 5.87. The first-order chi connectivity index (χ1) is 17.6. The van der Waals surface area contributed by atoms with E-state index in [4.69, 9.17) is 19.9 Å². The zero-order valence-electron chi connectivity index (χ0n) is 23.2. The van der Waals surface area contributed by atoms with E-state index in [9.17, 15) is 9.90 Å².